The van der Waals surface area contributed by atoms with Crippen molar-refractivity contribution in [2.45, 2.75) is 31.6 Å². The summed E-state index contributed by atoms with van der Waals surface area (Å²) in [5.74, 6) is 0.554. The first kappa shape index (κ1) is 24.0. The van der Waals surface area contributed by atoms with E-state index in [0.29, 0.717) is 53.9 Å². The number of amides is 1. The van der Waals surface area contributed by atoms with E-state index < -0.39 is 10.0 Å². The summed E-state index contributed by atoms with van der Waals surface area (Å²) >= 11 is 1.33. The number of aryl methyl sites for hydroxylation is 2. The summed E-state index contributed by atoms with van der Waals surface area (Å²) in [5, 5.41) is 3.91. The lowest BCUT2D eigenvalue weighted by Crippen LogP contribution is -2.53. The molecule has 11 heteroatoms. The van der Waals surface area contributed by atoms with Gasteiger partial charge in [0.1, 0.15) is 0 Å². The first-order valence-corrected chi connectivity index (χ1v) is 14.1. The first-order chi connectivity index (χ1) is 16.8. The number of sulfonamides is 1. The van der Waals surface area contributed by atoms with E-state index in [1.807, 2.05) is 23.1 Å². The number of nitrogens with zero attached hydrogens (tertiary/aromatic N) is 5. The second kappa shape index (κ2) is 9.71. The van der Waals surface area contributed by atoms with Crippen molar-refractivity contribution in [1.29, 1.82) is 0 Å². The van der Waals surface area contributed by atoms with E-state index in [-0.39, 0.29) is 23.3 Å². The van der Waals surface area contributed by atoms with Crippen LogP contribution in [0.15, 0.2) is 45.8 Å². The number of aromatic nitrogens is 2. The quantitative estimate of drug-likeness (QED) is 0.515. The van der Waals surface area contributed by atoms with Gasteiger partial charge in [0.15, 0.2) is 0 Å². The number of carbonyl (C=O) groups excluding carboxylic acids is 1. The minimum Gasteiger partial charge on any atom is -0.368 e. The second-order valence-corrected chi connectivity index (χ2v) is 12.2. The minimum absolute atomic E-state index is 0.0580. The number of thiophene rings is 1. The van der Waals surface area contributed by atoms with E-state index >= 15 is 0 Å². The van der Waals surface area contributed by atoms with Gasteiger partial charge in [0.2, 0.25) is 27.6 Å². The molecule has 0 saturated carbocycles. The number of benzene rings is 1. The molecular formula is C24H29N5O4S2. The molecule has 0 unspecified atom stereocenters. The average molecular weight is 516 g/mol. The highest BCUT2D eigenvalue weighted by Gasteiger charge is 2.37. The maximum Gasteiger partial charge on any atom is 0.244 e. The fourth-order valence-corrected chi connectivity index (χ4v) is 7.82. The monoisotopic (exact) mass is 515 g/mol. The van der Waals surface area contributed by atoms with Crippen LogP contribution in [0, 0.1) is 19.8 Å². The number of anilines is 1. The van der Waals surface area contributed by atoms with Crippen molar-refractivity contribution < 1.29 is 17.7 Å². The molecule has 35 heavy (non-hydrogen) atoms. The first-order valence-electron chi connectivity index (χ1n) is 11.8. The van der Waals surface area contributed by atoms with Crippen LogP contribution in [0.1, 0.15) is 23.6 Å². The molecule has 186 valence electrons. The number of piperidine rings is 1. The zero-order valence-electron chi connectivity index (χ0n) is 19.9. The van der Waals surface area contributed by atoms with Gasteiger partial charge in [-0.3, -0.25) is 4.79 Å². The van der Waals surface area contributed by atoms with E-state index in [4.69, 9.17) is 4.52 Å². The van der Waals surface area contributed by atoms with Crippen LogP contribution >= 0.6 is 11.3 Å². The van der Waals surface area contributed by atoms with Gasteiger partial charge < -0.3 is 14.3 Å². The van der Waals surface area contributed by atoms with Gasteiger partial charge in [0.05, 0.1) is 15.7 Å². The van der Waals surface area contributed by atoms with Crippen LogP contribution in [0.5, 0.6) is 0 Å². The number of hydrogen-bond acceptors (Lipinski definition) is 8. The van der Waals surface area contributed by atoms with Gasteiger partial charge in [-0.25, -0.2) is 8.42 Å². The zero-order chi connectivity index (χ0) is 24.6. The Kier molecular flexibility index (Phi) is 6.65. The average Bonchev–Trinajstić information content (AvgIpc) is 3.50. The Morgan fingerprint density at radius 3 is 2.51 bits per heavy atom. The van der Waals surface area contributed by atoms with Crippen LogP contribution in [0.2, 0.25) is 0 Å². The van der Waals surface area contributed by atoms with Crippen LogP contribution in [-0.2, 0) is 14.8 Å². The van der Waals surface area contributed by atoms with Gasteiger partial charge >= 0.3 is 0 Å². The summed E-state index contributed by atoms with van der Waals surface area (Å²) in [6.07, 6.45) is 1.37. The van der Waals surface area contributed by atoms with E-state index in [2.05, 4.69) is 27.2 Å². The largest absolute Gasteiger partial charge is 0.368 e. The highest BCUT2D eigenvalue weighted by Crippen LogP contribution is 2.35. The molecule has 1 amide bonds. The lowest BCUT2D eigenvalue weighted by atomic mass is 9.97. The Hall–Kier alpha value is -2.76. The molecule has 2 saturated heterocycles. The van der Waals surface area contributed by atoms with Crippen LogP contribution in [0.3, 0.4) is 0 Å². The van der Waals surface area contributed by atoms with E-state index in [0.717, 1.165) is 18.8 Å². The molecule has 4 heterocycles. The molecule has 1 atom stereocenters. The number of para-hydroxylation sites is 1. The lowest BCUT2D eigenvalue weighted by Gasteiger charge is -2.39. The normalized spacial score (nSPS) is 19.8. The van der Waals surface area contributed by atoms with Crippen molar-refractivity contribution >= 4 is 33.0 Å². The highest BCUT2D eigenvalue weighted by atomic mass is 32.2. The number of hydrogen-bond donors (Lipinski definition) is 0. The fourth-order valence-electron chi connectivity index (χ4n) is 4.81. The highest BCUT2D eigenvalue weighted by molar-refractivity contribution is 7.89. The number of carbonyl (C=O) groups is 1. The summed E-state index contributed by atoms with van der Waals surface area (Å²) in [6.45, 7) is 6.95. The van der Waals surface area contributed by atoms with E-state index in [1.54, 1.807) is 19.9 Å². The molecule has 2 aliphatic rings. The van der Waals surface area contributed by atoms with Gasteiger partial charge in [-0.05, 0) is 38.0 Å². The molecule has 5 rings (SSSR count). The maximum absolute atomic E-state index is 13.5. The van der Waals surface area contributed by atoms with Gasteiger partial charge in [0.25, 0.3) is 0 Å². The topological polar surface area (TPSA) is 99.8 Å². The van der Waals surface area contributed by atoms with Crippen molar-refractivity contribution in [2.75, 3.05) is 44.2 Å². The third-order valence-electron chi connectivity index (χ3n) is 6.68. The van der Waals surface area contributed by atoms with Gasteiger partial charge in [-0.1, -0.05) is 23.4 Å². The van der Waals surface area contributed by atoms with Crippen LogP contribution < -0.4 is 4.90 Å². The molecule has 2 fully saturated rings. The summed E-state index contributed by atoms with van der Waals surface area (Å²) in [5.41, 5.74) is 1.16. The third-order valence-corrected chi connectivity index (χ3v) is 9.85. The third kappa shape index (κ3) is 4.85. The van der Waals surface area contributed by atoms with Crippen molar-refractivity contribution in [3.8, 4) is 10.7 Å². The predicted molar refractivity (Wildman–Crippen MR) is 134 cm³/mol. The van der Waals surface area contributed by atoms with Crippen LogP contribution in [-0.4, -0.2) is 72.9 Å². The van der Waals surface area contributed by atoms with E-state index in [9.17, 15) is 13.2 Å². The van der Waals surface area contributed by atoms with E-state index in [1.165, 1.54) is 15.6 Å². The molecule has 0 bridgehead atoms. The Morgan fingerprint density at radius 1 is 1.09 bits per heavy atom. The summed E-state index contributed by atoms with van der Waals surface area (Å²) < 4.78 is 33.6. The van der Waals surface area contributed by atoms with Gasteiger partial charge in [-0.2, -0.15) is 9.29 Å². The van der Waals surface area contributed by atoms with Crippen LogP contribution in [0.25, 0.3) is 10.7 Å². The zero-order valence-corrected chi connectivity index (χ0v) is 21.5. The molecule has 1 aromatic carbocycles. The number of rotatable bonds is 5. The van der Waals surface area contributed by atoms with Crippen molar-refractivity contribution in [2.24, 2.45) is 5.92 Å². The predicted octanol–water partition coefficient (Wildman–Crippen LogP) is 3.16. The molecule has 2 aromatic heterocycles. The Labute approximate surface area is 209 Å². The molecule has 2 aliphatic heterocycles. The summed E-state index contributed by atoms with van der Waals surface area (Å²) in [4.78, 5) is 23.3. The smallest absolute Gasteiger partial charge is 0.244 e. The summed E-state index contributed by atoms with van der Waals surface area (Å²) in [6, 6.07) is 11.8. The second-order valence-electron chi connectivity index (χ2n) is 9.02. The Morgan fingerprint density at radius 2 is 1.83 bits per heavy atom. The minimum atomic E-state index is -3.74. The molecule has 0 N–H and O–H groups in total. The van der Waals surface area contributed by atoms with Crippen molar-refractivity contribution in [3.63, 3.8) is 0 Å². The SMILES string of the molecule is Cc1nc(-c2cc(S(=O)(=O)N3CCC[C@H](C(=O)N4CCN(c5ccccc5)CC4)C3)c(C)s2)no1. The fraction of sp³-hybridized carbons (Fsp3) is 0.458. The number of piperazine rings is 1. The maximum atomic E-state index is 13.5. The van der Waals surface area contributed by atoms with Crippen molar-refractivity contribution in [1.82, 2.24) is 19.3 Å². The lowest BCUT2D eigenvalue weighted by molar-refractivity contribution is -0.137. The van der Waals surface area contributed by atoms with Crippen LogP contribution in [0.4, 0.5) is 5.69 Å². The molecule has 9 nitrogen and oxygen atoms in total. The molecule has 0 aliphatic carbocycles. The Bertz CT molecular complexity index is 1300. The Balaban J connectivity index is 1.26. The van der Waals surface area contributed by atoms with Gasteiger partial charge in [0, 0.05) is 56.8 Å². The molecular weight excluding hydrogens is 486 g/mol. The molecule has 3 aromatic rings. The standard InChI is InChI=1S/C24H29N5O4S2/c1-17-22(15-21(34-17)23-25-18(2)33-26-23)35(31,32)29-10-6-7-19(16-29)24(30)28-13-11-27(12-14-28)20-8-4-3-5-9-20/h3-5,8-9,15,19H,6-7,10-14,16H2,1-2H3/t19-/m0/s1. The molecule has 0 spiro atoms. The van der Waals surface area contributed by atoms with Crippen molar-refractivity contribution in [3.05, 3.63) is 47.2 Å². The summed E-state index contributed by atoms with van der Waals surface area (Å²) in [7, 11) is -3.74. The van der Waals surface area contributed by atoms with Gasteiger partial charge in [-0.15, -0.1) is 11.3 Å². The molecule has 0 radical (unpaired) electrons.